The summed E-state index contributed by atoms with van der Waals surface area (Å²) in [6.45, 7) is 0.950. The van der Waals surface area contributed by atoms with E-state index in [2.05, 4.69) is 0 Å². The molecule has 0 amide bonds. The molecule has 1 aromatic rings. The SMILES string of the molecule is COC(=O)[C@@H]1C[C@@H](O)CN1CCc1ccccc1F. The van der Waals surface area contributed by atoms with Crippen molar-refractivity contribution in [3.05, 3.63) is 35.6 Å². The van der Waals surface area contributed by atoms with E-state index in [1.54, 1.807) is 18.2 Å². The largest absolute Gasteiger partial charge is 0.468 e. The number of methoxy groups -OCH3 is 1. The second-order valence-corrected chi connectivity index (χ2v) is 4.76. The number of nitrogens with zero attached hydrogens (tertiary/aromatic N) is 1. The fourth-order valence-electron chi connectivity index (χ4n) is 2.47. The molecule has 2 atom stereocenters. The number of benzene rings is 1. The van der Waals surface area contributed by atoms with Crippen LogP contribution in [-0.4, -0.2) is 48.3 Å². The van der Waals surface area contributed by atoms with Crippen molar-refractivity contribution in [1.29, 1.82) is 0 Å². The Labute approximate surface area is 111 Å². The first-order chi connectivity index (χ1) is 9.11. The highest BCUT2D eigenvalue weighted by atomic mass is 19.1. The lowest BCUT2D eigenvalue weighted by Crippen LogP contribution is -2.38. The lowest BCUT2D eigenvalue weighted by Gasteiger charge is -2.21. The van der Waals surface area contributed by atoms with E-state index in [1.807, 2.05) is 4.90 Å². The molecule has 1 aliphatic rings. The average molecular weight is 267 g/mol. The molecule has 1 fully saturated rings. The van der Waals surface area contributed by atoms with E-state index >= 15 is 0 Å². The molecule has 0 bridgehead atoms. The maximum atomic E-state index is 13.5. The van der Waals surface area contributed by atoms with Crippen LogP contribution < -0.4 is 0 Å². The summed E-state index contributed by atoms with van der Waals surface area (Å²) >= 11 is 0. The van der Waals surface area contributed by atoms with E-state index in [4.69, 9.17) is 4.74 Å². The third-order valence-corrected chi connectivity index (χ3v) is 3.48. The fraction of sp³-hybridized carbons (Fsp3) is 0.500. The molecule has 5 heteroatoms. The lowest BCUT2D eigenvalue weighted by atomic mass is 10.1. The number of esters is 1. The van der Waals surface area contributed by atoms with Crippen molar-refractivity contribution in [1.82, 2.24) is 4.90 Å². The third kappa shape index (κ3) is 3.30. The molecule has 1 aliphatic heterocycles. The predicted octanol–water partition coefficient (Wildman–Crippen LogP) is 0.976. The number of likely N-dealkylation sites (tertiary alicyclic amines) is 1. The van der Waals surface area contributed by atoms with E-state index in [9.17, 15) is 14.3 Å². The van der Waals surface area contributed by atoms with Crippen molar-refractivity contribution in [2.75, 3.05) is 20.2 Å². The number of halogens is 1. The molecular formula is C14H18FNO3. The van der Waals surface area contributed by atoms with E-state index in [-0.39, 0.29) is 11.8 Å². The Bertz CT molecular complexity index is 452. The minimum atomic E-state index is -0.523. The van der Waals surface area contributed by atoms with Crippen molar-refractivity contribution in [3.8, 4) is 0 Å². The summed E-state index contributed by atoms with van der Waals surface area (Å²) < 4.78 is 18.2. The number of carbonyl (C=O) groups excluding carboxylic acids is 1. The van der Waals surface area contributed by atoms with Gasteiger partial charge in [0.15, 0.2) is 0 Å². The number of aliphatic hydroxyl groups excluding tert-OH is 1. The molecule has 0 aromatic heterocycles. The number of aliphatic hydroxyl groups is 1. The molecule has 1 aromatic carbocycles. The Balaban J connectivity index is 1.98. The van der Waals surface area contributed by atoms with Crippen LogP contribution in [0.1, 0.15) is 12.0 Å². The van der Waals surface area contributed by atoms with Crippen molar-refractivity contribution in [3.63, 3.8) is 0 Å². The first-order valence-corrected chi connectivity index (χ1v) is 6.35. The van der Waals surface area contributed by atoms with Crippen LogP contribution in [0.15, 0.2) is 24.3 Å². The Hall–Kier alpha value is -1.46. The number of hydrogen-bond acceptors (Lipinski definition) is 4. The first kappa shape index (κ1) is 14.0. The number of rotatable bonds is 4. The maximum absolute atomic E-state index is 13.5. The third-order valence-electron chi connectivity index (χ3n) is 3.48. The summed E-state index contributed by atoms with van der Waals surface area (Å²) in [6, 6.07) is 6.16. The van der Waals surface area contributed by atoms with Gasteiger partial charge in [0.25, 0.3) is 0 Å². The van der Waals surface area contributed by atoms with E-state index in [1.165, 1.54) is 13.2 Å². The molecule has 0 unspecified atom stereocenters. The Morgan fingerprint density at radius 2 is 2.26 bits per heavy atom. The molecule has 1 N–H and O–H groups in total. The summed E-state index contributed by atoms with van der Waals surface area (Å²) in [6.07, 6.45) is 0.362. The zero-order chi connectivity index (χ0) is 13.8. The standard InChI is InChI=1S/C14H18FNO3/c1-19-14(18)13-8-11(17)9-16(13)7-6-10-4-2-3-5-12(10)15/h2-5,11,13,17H,6-9H2,1H3/t11-,13+/m1/s1. The summed E-state index contributed by atoms with van der Waals surface area (Å²) in [5.41, 5.74) is 0.618. The molecule has 2 rings (SSSR count). The fourth-order valence-corrected chi connectivity index (χ4v) is 2.47. The Morgan fingerprint density at radius 1 is 1.53 bits per heavy atom. The maximum Gasteiger partial charge on any atom is 0.323 e. The van der Waals surface area contributed by atoms with Gasteiger partial charge in [-0.2, -0.15) is 0 Å². The van der Waals surface area contributed by atoms with Gasteiger partial charge in [-0.05, 0) is 18.1 Å². The van der Waals surface area contributed by atoms with Crippen LogP contribution in [0.2, 0.25) is 0 Å². The number of carbonyl (C=O) groups is 1. The van der Waals surface area contributed by atoms with E-state index in [0.29, 0.717) is 31.5 Å². The second-order valence-electron chi connectivity index (χ2n) is 4.76. The van der Waals surface area contributed by atoms with Crippen molar-refractivity contribution in [2.24, 2.45) is 0 Å². The van der Waals surface area contributed by atoms with Crippen LogP contribution in [0, 0.1) is 5.82 Å². The lowest BCUT2D eigenvalue weighted by molar-refractivity contribution is -0.145. The summed E-state index contributed by atoms with van der Waals surface area (Å²) in [4.78, 5) is 13.4. The number of hydrogen-bond donors (Lipinski definition) is 1. The van der Waals surface area contributed by atoms with Crippen LogP contribution in [0.3, 0.4) is 0 Å². The number of β-amino-alcohol motifs (C(OH)–C–C–N with tert-alkyl or cyclic N) is 1. The average Bonchev–Trinajstić information content (AvgIpc) is 2.78. The normalized spacial score (nSPS) is 23.5. The molecule has 104 valence electrons. The zero-order valence-corrected chi connectivity index (χ0v) is 10.9. The van der Waals surface area contributed by atoms with Crippen LogP contribution >= 0.6 is 0 Å². The minimum Gasteiger partial charge on any atom is -0.468 e. The van der Waals surface area contributed by atoms with Crippen LogP contribution in [0.4, 0.5) is 4.39 Å². The van der Waals surface area contributed by atoms with Gasteiger partial charge in [0.05, 0.1) is 13.2 Å². The first-order valence-electron chi connectivity index (χ1n) is 6.35. The van der Waals surface area contributed by atoms with Gasteiger partial charge >= 0.3 is 5.97 Å². The highest BCUT2D eigenvalue weighted by Gasteiger charge is 2.36. The smallest absolute Gasteiger partial charge is 0.323 e. The van der Waals surface area contributed by atoms with E-state index < -0.39 is 12.1 Å². The molecule has 0 saturated carbocycles. The molecule has 1 heterocycles. The predicted molar refractivity (Wildman–Crippen MR) is 68.1 cm³/mol. The minimum absolute atomic E-state index is 0.239. The van der Waals surface area contributed by atoms with Gasteiger partial charge in [-0.15, -0.1) is 0 Å². The highest BCUT2D eigenvalue weighted by Crippen LogP contribution is 2.20. The summed E-state index contributed by atoms with van der Waals surface area (Å²) in [5, 5.41) is 9.64. The van der Waals surface area contributed by atoms with Gasteiger partial charge in [-0.1, -0.05) is 18.2 Å². The van der Waals surface area contributed by atoms with Crippen LogP contribution in [0.25, 0.3) is 0 Å². The van der Waals surface area contributed by atoms with Crippen molar-refractivity contribution < 1.29 is 19.0 Å². The van der Waals surface area contributed by atoms with Crippen LogP contribution in [0.5, 0.6) is 0 Å². The topological polar surface area (TPSA) is 49.8 Å². The molecular weight excluding hydrogens is 249 g/mol. The quantitative estimate of drug-likeness (QED) is 0.826. The summed E-state index contributed by atoms with van der Waals surface area (Å²) in [5.74, 6) is -0.582. The molecule has 1 saturated heterocycles. The van der Waals surface area contributed by atoms with Gasteiger partial charge < -0.3 is 9.84 Å². The Kier molecular flexibility index (Phi) is 4.50. The monoisotopic (exact) mass is 267 g/mol. The van der Waals surface area contributed by atoms with Crippen molar-refractivity contribution >= 4 is 5.97 Å². The molecule has 4 nitrogen and oxygen atoms in total. The van der Waals surface area contributed by atoms with Gasteiger partial charge in [-0.25, -0.2) is 4.39 Å². The van der Waals surface area contributed by atoms with Crippen molar-refractivity contribution in [2.45, 2.75) is 25.0 Å². The molecule has 0 spiro atoms. The van der Waals surface area contributed by atoms with E-state index in [0.717, 1.165) is 0 Å². The zero-order valence-electron chi connectivity index (χ0n) is 10.9. The second kappa shape index (κ2) is 6.12. The molecule has 0 aliphatic carbocycles. The molecule has 19 heavy (non-hydrogen) atoms. The summed E-state index contributed by atoms with van der Waals surface area (Å²) in [7, 11) is 1.34. The Morgan fingerprint density at radius 3 is 2.95 bits per heavy atom. The van der Waals surface area contributed by atoms with Gasteiger partial charge in [-0.3, -0.25) is 9.69 Å². The van der Waals surface area contributed by atoms with Gasteiger partial charge in [0.2, 0.25) is 0 Å². The van der Waals surface area contributed by atoms with Gasteiger partial charge in [0.1, 0.15) is 11.9 Å². The van der Waals surface area contributed by atoms with Gasteiger partial charge in [0, 0.05) is 19.5 Å². The van der Waals surface area contributed by atoms with Crippen LogP contribution in [-0.2, 0) is 16.0 Å². The highest BCUT2D eigenvalue weighted by molar-refractivity contribution is 5.76. The number of ether oxygens (including phenoxy) is 1. The molecule has 0 radical (unpaired) electrons.